The second-order valence-corrected chi connectivity index (χ2v) is 7.55. The fourth-order valence-electron chi connectivity index (χ4n) is 2.46. The molecule has 132 valence electrons. The molecule has 4 nitrogen and oxygen atoms in total. The van der Waals surface area contributed by atoms with Crippen LogP contribution in [-0.2, 0) is 24.8 Å². The topological polar surface area (TPSA) is 52.6 Å². The minimum Gasteiger partial charge on any atom is -0.308 e. The molecule has 1 aromatic carbocycles. The van der Waals surface area contributed by atoms with Crippen molar-refractivity contribution >= 4 is 13.4 Å². The van der Waals surface area contributed by atoms with Crippen molar-refractivity contribution in [3.8, 4) is 11.8 Å². The standard InChI is InChI=1S/C19H27O4P/c1-4-7-8-12-15-18(20)19(16-17-13-10-9-11-14-17)24(21,22-5-2)23-6-3/h9-11,13-14,19H,5-6,8,12,15-16H2,1-3H3. The molecule has 1 aromatic rings. The predicted molar refractivity (Wildman–Crippen MR) is 97.1 cm³/mol. The van der Waals surface area contributed by atoms with Gasteiger partial charge >= 0.3 is 7.60 Å². The van der Waals surface area contributed by atoms with Crippen molar-refractivity contribution in [1.82, 2.24) is 0 Å². The first-order valence-corrected chi connectivity index (χ1v) is 10.0. The molecule has 0 amide bonds. The van der Waals surface area contributed by atoms with Crippen molar-refractivity contribution in [3.63, 3.8) is 0 Å². The Kier molecular flexibility index (Phi) is 9.64. The van der Waals surface area contributed by atoms with E-state index in [1.807, 2.05) is 30.3 Å². The van der Waals surface area contributed by atoms with E-state index in [-0.39, 0.29) is 19.0 Å². The highest BCUT2D eigenvalue weighted by atomic mass is 31.2. The number of hydrogen-bond donors (Lipinski definition) is 0. The molecule has 0 bridgehead atoms. The van der Waals surface area contributed by atoms with Crippen molar-refractivity contribution in [2.45, 2.75) is 52.1 Å². The zero-order valence-electron chi connectivity index (χ0n) is 14.8. The van der Waals surface area contributed by atoms with Gasteiger partial charge < -0.3 is 9.05 Å². The van der Waals surface area contributed by atoms with Gasteiger partial charge in [0.25, 0.3) is 0 Å². The van der Waals surface area contributed by atoms with Crippen molar-refractivity contribution in [1.29, 1.82) is 0 Å². The molecule has 0 spiro atoms. The highest BCUT2D eigenvalue weighted by molar-refractivity contribution is 7.55. The quantitative estimate of drug-likeness (QED) is 0.332. The molecule has 0 aliphatic heterocycles. The van der Waals surface area contributed by atoms with E-state index in [0.29, 0.717) is 25.7 Å². The molecule has 1 atom stereocenters. The molecule has 0 N–H and O–H groups in total. The molecule has 5 heteroatoms. The Hall–Kier alpha value is -1.40. The molecular formula is C19H27O4P. The maximum Gasteiger partial charge on any atom is 0.341 e. The third kappa shape index (κ3) is 6.61. The first-order valence-electron chi connectivity index (χ1n) is 8.42. The molecule has 0 aliphatic carbocycles. The molecular weight excluding hydrogens is 323 g/mol. The van der Waals surface area contributed by atoms with E-state index in [1.54, 1.807) is 20.8 Å². The normalized spacial score (nSPS) is 12.3. The van der Waals surface area contributed by atoms with Gasteiger partial charge in [-0.05, 0) is 39.2 Å². The van der Waals surface area contributed by atoms with Gasteiger partial charge in [0.05, 0.1) is 13.2 Å². The Morgan fingerprint density at radius 2 is 1.79 bits per heavy atom. The minimum absolute atomic E-state index is 0.0815. The summed E-state index contributed by atoms with van der Waals surface area (Å²) < 4.78 is 24.0. The summed E-state index contributed by atoms with van der Waals surface area (Å²) in [6, 6.07) is 9.56. The van der Waals surface area contributed by atoms with Crippen molar-refractivity contribution < 1.29 is 18.4 Å². The average Bonchev–Trinajstić information content (AvgIpc) is 2.57. The number of hydrogen-bond acceptors (Lipinski definition) is 4. The lowest BCUT2D eigenvalue weighted by Crippen LogP contribution is -2.26. The Morgan fingerprint density at radius 1 is 1.17 bits per heavy atom. The van der Waals surface area contributed by atoms with Crippen molar-refractivity contribution in [3.05, 3.63) is 35.9 Å². The molecule has 0 aliphatic rings. The summed E-state index contributed by atoms with van der Waals surface area (Å²) in [5.41, 5.74) is 0.179. The van der Waals surface area contributed by atoms with Crippen LogP contribution in [0, 0.1) is 11.8 Å². The number of rotatable bonds is 11. The highest BCUT2D eigenvalue weighted by Gasteiger charge is 2.40. The molecule has 0 saturated carbocycles. The van der Waals surface area contributed by atoms with E-state index < -0.39 is 13.3 Å². The number of unbranched alkanes of at least 4 members (excludes halogenated alkanes) is 1. The van der Waals surface area contributed by atoms with E-state index in [1.165, 1.54) is 0 Å². The number of benzene rings is 1. The van der Waals surface area contributed by atoms with Crippen LogP contribution < -0.4 is 0 Å². The predicted octanol–water partition coefficient (Wildman–Crippen LogP) is 4.63. The second-order valence-electron chi connectivity index (χ2n) is 5.33. The van der Waals surface area contributed by atoms with Crippen LogP contribution in [0.4, 0.5) is 0 Å². The summed E-state index contributed by atoms with van der Waals surface area (Å²) in [6.07, 6.45) is 2.00. The zero-order chi connectivity index (χ0) is 17.8. The summed E-state index contributed by atoms with van der Waals surface area (Å²) in [5.74, 6) is 5.68. The Bertz CT molecular complexity index is 591. The monoisotopic (exact) mass is 350 g/mol. The van der Waals surface area contributed by atoms with Crippen LogP contribution in [0.2, 0.25) is 0 Å². The smallest absolute Gasteiger partial charge is 0.308 e. The maximum atomic E-state index is 13.2. The lowest BCUT2D eigenvalue weighted by atomic mass is 10.0. The third-order valence-corrected chi connectivity index (χ3v) is 6.02. The van der Waals surface area contributed by atoms with Crippen LogP contribution in [0.5, 0.6) is 0 Å². The summed E-state index contributed by atoms with van der Waals surface area (Å²) >= 11 is 0. The molecule has 0 fully saturated rings. The fourth-order valence-corrected chi connectivity index (χ4v) is 4.53. The molecule has 0 aromatic heterocycles. The summed E-state index contributed by atoms with van der Waals surface area (Å²) in [7, 11) is -3.49. The molecule has 24 heavy (non-hydrogen) atoms. The van der Waals surface area contributed by atoms with Gasteiger partial charge in [0.1, 0.15) is 11.4 Å². The first kappa shape index (κ1) is 20.6. The number of carbonyl (C=O) groups excluding carboxylic acids is 1. The zero-order valence-corrected chi connectivity index (χ0v) is 15.7. The van der Waals surface area contributed by atoms with Crippen molar-refractivity contribution in [2.75, 3.05) is 13.2 Å². The van der Waals surface area contributed by atoms with Gasteiger partial charge in [0.15, 0.2) is 0 Å². The molecule has 0 radical (unpaired) electrons. The average molecular weight is 350 g/mol. The van der Waals surface area contributed by atoms with Gasteiger partial charge in [-0.2, -0.15) is 0 Å². The van der Waals surface area contributed by atoms with Crippen LogP contribution >= 0.6 is 7.60 Å². The summed E-state index contributed by atoms with van der Waals surface area (Å²) in [5, 5.41) is 0. The van der Waals surface area contributed by atoms with E-state index in [4.69, 9.17) is 9.05 Å². The highest BCUT2D eigenvalue weighted by Crippen LogP contribution is 2.54. The van der Waals surface area contributed by atoms with Crippen LogP contribution in [-0.4, -0.2) is 24.7 Å². The van der Waals surface area contributed by atoms with E-state index in [2.05, 4.69) is 11.8 Å². The number of carbonyl (C=O) groups is 1. The SMILES string of the molecule is CC#CCCCC(=O)C(Cc1ccccc1)P(=O)(OCC)OCC. The first-order chi connectivity index (χ1) is 11.6. The summed E-state index contributed by atoms with van der Waals surface area (Å²) in [6.45, 7) is 5.78. The molecule has 1 rings (SSSR count). The summed E-state index contributed by atoms with van der Waals surface area (Å²) in [4.78, 5) is 12.7. The Balaban J connectivity index is 2.97. The van der Waals surface area contributed by atoms with Crippen LogP contribution in [0.3, 0.4) is 0 Å². The van der Waals surface area contributed by atoms with Crippen LogP contribution in [0.25, 0.3) is 0 Å². The van der Waals surface area contributed by atoms with Crippen molar-refractivity contribution in [2.24, 2.45) is 0 Å². The van der Waals surface area contributed by atoms with Crippen LogP contribution in [0.1, 0.15) is 45.6 Å². The third-order valence-electron chi connectivity index (χ3n) is 3.55. The number of ketones is 1. The fraction of sp³-hybridized carbons (Fsp3) is 0.526. The molecule has 1 unspecified atom stereocenters. The van der Waals surface area contributed by atoms with Gasteiger partial charge in [-0.25, -0.2) is 0 Å². The Morgan fingerprint density at radius 3 is 2.33 bits per heavy atom. The lowest BCUT2D eigenvalue weighted by molar-refractivity contribution is -0.119. The Labute approximate surface area is 145 Å². The van der Waals surface area contributed by atoms with Gasteiger partial charge in [-0.1, -0.05) is 30.3 Å². The van der Waals surface area contributed by atoms with Gasteiger partial charge in [-0.15, -0.1) is 11.8 Å². The molecule has 0 heterocycles. The minimum atomic E-state index is -3.49. The maximum absolute atomic E-state index is 13.2. The number of Topliss-reactive ketones (excluding diaryl/α,β-unsaturated/α-hetero) is 1. The second kappa shape index (κ2) is 11.2. The van der Waals surface area contributed by atoms with Gasteiger partial charge in [0.2, 0.25) is 0 Å². The van der Waals surface area contributed by atoms with E-state index in [0.717, 1.165) is 5.56 Å². The lowest BCUT2D eigenvalue weighted by Gasteiger charge is -2.25. The largest absolute Gasteiger partial charge is 0.341 e. The van der Waals surface area contributed by atoms with E-state index in [9.17, 15) is 9.36 Å². The van der Waals surface area contributed by atoms with Gasteiger partial charge in [-0.3, -0.25) is 9.36 Å². The van der Waals surface area contributed by atoms with E-state index >= 15 is 0 Å². The van der Waals surface area contributed by atoms with Gasteiger partial charge in [0, 0.05) is 12.8 Å². The molecule has 0 saturated heterocycles. The van der Waals surface area contributed by atoms with Crippen LogP contribution in [0.15, 0.2) is 30.3 Å².